The summed E-state index contributed by atoms with van der Waals surface area (Å²) in [6.07, 6.45) is 1.79. The summed E-state index contributed by atoms with van der Waals surface area (Å²) in [7, 11) is 3.61. The molecule has 0 saturated heterocycles. The van der Waals surface area contributed by atoms with Crippen LogP contribution in [0.25, 0.3) is 0 Å². The number of hydrogen-bond acceptors (Lipinski definition) is 4. The molecule has 0 bridgehead atoms. The van der Waals surface area contributed by atoms with E-state index < -0.39 is 11.8 Å². The van der Waals surface area contributed by atoms with E-state index in [0.29, 0.717) is 18.7 Å². The van der Waals surface area contributed by atoms with Crippen LogP contribution in [-0.4, -0.2) is 38.0 Å². The van der Waals surface area contributed by atoms with Gasteiger partial charge >= 0.3 is 5.97 Å². The molecule has 0 fully saturated rings. The topological polar surface area (TPSA) is 71.2 Å². The SMILES string of the molecule is CN(Cc1cn(C)nn1)Cc1ccc(C(=O)O)cc1F. The van der Waals surface area contributed by atoms with Crippen LogP contribution >= 0.6 is 0 Å². The molecule has 106 valence electrons. The maximum atomic E-state index is 13.8. The van der Waals surface area contributed by atoms with E-state index in [2.05, 4.69) is 10.3 Å². The second-order valence-corrected chi connectivity index (χ2v) is 4.67. The minimum absolute atomic E-state index is 0.0529. The molecule has 7 heteroatoms. The largest absolute Gasteiger partial charge is 0.478 e. The Morgan fingerprint density at radius 3 is 2.75 bits per heavy atom. The standard InChI is InChI=1S/C13H15FN4O2/c1-17(7-11-8-18(2)16-15-11)6-10-4-3-9(13(19)20)5-12(10)14/h3-5,8H,6-7H2,1-2H3,(H,19,20). The van der Waals surface area contributed by atoms with E-state index in [1.807, 2.05) is 11.9 Å². The average Bonchev–Trinajstić information content (AvgIpc) is 2.77. The van der Waals surface area contributed by atoms with Gasteiger partial charge in [0.05, 0.1) is 11.3 Å². The van der Waals surface area contributed by atoms with E-state index in [4.69, 9.17) is 5.11 Å². The van der Waals surface area contributed by atoms with Crippen LogP contribution in [0.5, 0.6) is 0 Å². The van der Waals surface area contributed by atoms with Crippen molar-refractivity contribution >= 4 is 5.97 Å². The van der Waals surface area contributed by atoms with Crippen LogP contribution in [0, 0.1) is 5.82 Å². The third-order valence-electron chi connectivity index (χ3n) is 2.82. The molecule has 6 nitrogen and oxygen atoms in total. The highest BCUT2D eigenvalue weighted by Gasteiger charge is 2.11. The van der Waals surface area contributed by atoms with E-state index in [0.717, 1.165) is 11.8 Å². The normalized spacial score (nSPS) is 11.0. The Hall–Kier alpha value is -2.28. The first-order valence-corrected chi connectivity index (χ1v) is 6.01. The Morgan fingerprint density at radius 1 is 1.45 bits per heavy atom. The van der Waals surface area contributed by atoms with Crippen molar-refractivity contribution in [2.75, 3.05) is 7.05 Å². The number of aromatic carboxylic acids is 1. The van der Waals surface area contributed by atoms with Gasteiger partial charge in [0, 0.05) is 31.9 Å². The number of aryl methyl sites for hydroxylation is 1. The number of benzene rings is 1. The van der Waals surface area contributed by atoms with Gasteiger partial charge in [0.1, 0.15) is 5.82 Å². The van der Waals surface area contributed by atoms with E-state index >= 15 is 0 Å². The summed E-state index contributed by atoms with van der Waals surface area (Å²) in [5.41, 5.74) is 1.18. The van der Waals surface area contributed by atoms with Crippen molar-refractivity contribution in [2.45, 2.75) is 13.1 Å². The summed E-state index contributed by atoms with van der Waals surface area (Å²) in [6, 6.07) is 3.93. The number of aromatic nitrogens is 3. The van der Waals surface area contributed by atoms with Gasteiger partial charge in [-0.15, -0.1) is 5.10 Å². The van der Waals surface area contributed by atoms with E-state index in [1.54, 1.807) is 17.9 Å². The van der Waals surface area contributed by atoms with Crippen LogP contribution in [0.2, 0.25) is 0 Å². The Kier molecular flexibility index (Phi) is 4.09. The maximum absolute atomic E-state index is 13.8. The first-order valence-electron chi connectivity index (χ1n) is 6.01. The van der Waals surface area contributed by atoms with Gasteiger partial charge in [0.15, 0.2) is 0 Å². The van der Waals surface area contributed by atoms with Gasteiger partial charge in [-0.3, -0.25) is 9.58 Å². The number of hydrogen-bond donors (Lipinski definition) is 1. The molecule has 0 amide bonds. The third kappa shape index (κ3) is 3.39. The molecule has 0 radical (unpaired) electrons. The summed E-state index contributed by atoms with van der Waals surface area (Å²) in [5.74, 6) is -1.65. The molecule has 0 atom stereocenters. The zero-order valence-corrected chi connectivity index (χ0v) is 11.2. The molecule has 1 N–H and O–H groups in total. The quantitative estimate of drug-likeness (QED) is 0.892. The lowest BCUT2D eigenvalue weighted by atomic mass is 10.1. The lowest BCUT2D eigenvalue weighted by Crippen LogP contribution is -2.18. The van der Waals surface area contributed by atoms with Crippen molar-refractivity contribution in [3.05, 3.63) is 47.0 Å². The number of halogens is 1. The van der Waals surface area contributed by atoms with Gasteiger partial charge in [-0.1, -0.05) is 11.3 Å². The Labute approximate surface area is 115 Å². The number of rotatable bonds is 5. The van der Waals surface area contributed by atoms with Crippen molar-refractivity contribution in [1.82, 2.24) is 19.9 Å². The summed E-state index contributed by atoms with van der Waals surface area (Å²) >= 11 is 0. The fourth-order valence-electron chi connectivity index (χ4n) is 1.90. The molecule has 0 unspecified atom stereocenters. The fourth-order valence-corrected chi connectivity index (χ4v) is 1.90. The van der Waals surface area contributed by atoms with Crippen molar-refractivity contribution < 1.29 is 14.3 Å². The lowest BCUT2D eigenvalue weighted by Gasteiger charge is -2.15. The molecule has 1 heterocycles. The Bertz CT molecular complexity index is 627. The highest BCUT2D eigenvalue weighted by atomic mass is 19.1. The van der Waals surface area contributed by atoms with Crippen LogP contribution in [0.4, 0.5) is 4.39 Å². The Morgan fingerprint density at radius 2 is 2.20 bits per heavy atom. The van der Waals surface area contributed by atoms with Crippen LogP contribution in [0.3, 0.4) is 0 Å². The molecule has 0 aliphatic carbocycles. The number of nitrogens with zero attached hydrogens (tertiary/aromatic N) is 4. The molecule has 0 spiro atoms. The molecule has 0 saturated carbocycles. The van der Waals surface area contributed by atoms with Gasteiger partial charge in [-0.25, -0.2) is 9.18 Å². The summed E-state index contributed by atoms with van der Waals surface area (Å²) < 4.78 is 15.4. The van der Waals surface area contributed by atoms with Crippen LogP contribution in [0.1, 0.15) is 21.6 Å². The molecule has 0 aliphatic heterocycles. The second-order valence-electron chi connectivity index (χ2n) is 4.67. The molecular weight excluding hydrogens is 263 g/mol. The molecule has 2 aromatic rings. The van der Waals surface area contributed by atoms with Gasteiger partial charge in [-0.05, 0) is 19.2 Å². The number of carboxylic acid groups (broad SMARTS) is 1. The molecule has 20 heavy (non-hydrogen) atoms. The predicted octanol–water partition coefficient (Wildman–Crippen LogP) is 1.28. The smallest absolute Gasteiger partial charge is 0.335 e. The lowest BCUT2D eigenvalue weighted by molar-refractivity contribution is 0.0696. The maximum Gasteiger partial charge on any atom is 0.335 e. The third-order valence-corrected chi connectivity index (χ3v) is 2.82. The van der Waals surface area contributed by atoms with Crippen molar-refractivity contribution in [1.29, 1.82) is 0 Å². The second kappa shape index (κ2) is 5.79. The van der Waals surface area contributed by atoms with Crippen LogP contribution < -0.4 is 0 Å². The van der Waals surface area contributed by atoms with Gasteiger partial charge in [0.2, 0.25) is 0 Å². The highest BCUT2D eigenvalue weighted by molar-refractivity contribution is 5.87. The average molecular weight is 278 g/mol. The number of carboxylic acids is 1. The zero-order chi connectivity index (χ0) is 14.7. The molecule has 1 aromatic heterocycles. The summed E-state index contributed by atoms with van der Waals surface area (Å²) in [4.78, 5) is 12.6. The summed E-state index contributed by atoms with van der Waals surface area (Å²) in [6.45, 7) is 0.899. The van der Waals surface area contributed by atoms with Crippen molar-refractivity contribution in [3.63, 3.8) is 0 Å². The van der Waals surface area contributed by atoms with Crippen LogP contribution in [-0.2, 0) is 20.1 Å². The molecule has 2 rings (SSSR count). The summed E-state index contributed by atoms with van der Waals surface area (Å²) in [5, 5.41) is 16.6. The predicted molar refractivity (Wildman–Crippen MR) is 69.5 cm³/mol. The van der Waals surface area contributed by atoms with Gasteiger partial charge in [0.25, 0.3) is 0 Å². The molecule has 1 aromatic carbocycles. The molecule has 0 aliphatic rings. The zero-order valence-electron chi connectivity index (χ0n) is 11.2. The van der Waals surface area contributed by atoms with E-state index in [9.17, 15) is 9.18 Å². The number of carbonyl (C=O) groups is 1. The fraction of sp³-hybridized carbons (Fsp3) is 0.308. The first kappa shape index (κ1) is 14.1. The van der Waals surface area contributed by atoms with Crippen LogP contribution in [0.15, 0.2) is 24.4 Å². The monoisotopic (exact) mass is 278 g/mol. The van der Waals surface area contributed by atoms with Gasteiger partial charge in [-0.2, -0.15) is 0 Å². The van der Waals surface area contributed by atoms with E-state index in [1.165, 1.54) is 12.1 Å². The van der Waals surface area contributed by atoms with Crippen molar-refractivity contribution in [3.8, 4) is 0 Å². The van der Waals surface area contributed by atoms with Crippen molar-refractivity contribution in [2.24, 2.45) is 7.05 Å². The first-order chi connectivity index (χ1) is 9.45. The van der Waals surface area contributed by atoms with E-state index in [-0.39, 0.29) is 5.56 Å². The Balaban J connectivity index is 2.04. The highest BCUT2D eigenvalue weighted by Crippen LogP contribution is 2.13. The minimum atomic E-state index is -1.14. The molecular formula is C13H15FN4O2. The van der Waals surface area contributed by atoms with Gasteiger partial charge < -0.3 is 5.11 Å². The minimum Gasteiger partial charge on any atom is -0.478 e.